The van der Waals surface area contributed by atoms with Crippen molar-refractivity contribution in [2.24, 2.45) is 0 Å². The second-order valence-corrected chi connectivity index (χ2v) is 2.07. The smallest absolute Gasteiger partial charge is 0.00641 e. The Balaban J connectivity index is 2.61. The summed E-state index contributed by atoms with van der Waals surface area (Å²) in [4.78, 5) is 0. The predicted octanol–water partition coefficient (Wildman–Crippen LogP) is 2.24. The van der Waals surface area contributed by atoms with E-state index in [-0.39, 0.29) is 0 Å². The molecule has 0 aliphatic carbocycles. The molecule has 0 aliphatic heterocycles. The summed E-state index contributed by atoms with van der Waals surface area (Å²) >= 11 is 0. The summed E-state index contributed by atoms with van der Waals surface area (Å²) in [7, 11) is 0. The molecule has 0 saturated carbocycles. The van der Waals surface area contributed by atoms with Gasteiger partial charge in [-0.2, -0.15) is 0 Å². The first kappa shape index (κ1) is 6.34. The van der Waals surface area contributed by atoms with Crippen LogP contribution in [0.3, 0.4) is 0 Å². The minimum Gasteiger partial charge on any atom is -0.0651 e. The predicted molar refractivity (Wildman–Crippen MR) is 38.1 cm³/mol. The SMILES string of the molecule is CCCc1[c][c]ccc1. The highest BCUT2D eigenvalue weighted by molar-refractivity contribution is 5.11. The lowest BCUT2D eigenvalue weighted by molar-refractivity contribution is 0.920. The Morgan fingerprint density at radius 3 is 3.00 bits per heavy atom. The summed E-state index contributed by atoms with van der Waals surface area (Å²) in [6.07, 6.45) is 2.31. The minimum atomic E-state index is 1.12. The zero-order valence-corrected chi connectivity index (χ0v) is 5.65. The molecule has 1 aromatic carbocycles. The van der Waals surface area contributed by atoms with Crippen LogP contribution in [-0.4, -0.2) is 0 Å². The van der Waals surface area contributed by atoms with Gasteiger partial charge in [-0.25, -0.2) is 0 Å². The first-order chi connectivity index (χ1) is 4.43. The molecular weight excluding hydrogens is 108 g/mol. The van der Waals surface area contributed by atoms with E-state index in [0.717, 1.165) is 6.42 Å². The number of hydrogen-bond acceptors (Lipinski definition) is 0. The molecule has 1 rings (SSSR count). The summed E-state index contributed by atoms with van der Waals surface area (Å²) in [6, 6.07) is 11.9. The van der Waals surface area contributed by atoms with Gasteiger partial charge in [0, 0.05) is 0 Å². The second kappa shape index (κ2) is 3.29. The summed E-state index contributed by atoms with van der Waals surface area (Å²) in [5.41, 5.74) is 1.26. The Hall–Kier alpha value is -0.780. The number of aryl methyl sites for hydroxylation is 1. The summed E-state index contributed by atoms with van der Waals surface area (Å²) in [5, 5.41) is 0. The monoisotopic (exact) mass is 118 g/mol. The zero-order chi connectivity index (χ0) is 6.53. The van der Waals surface area contributed by atoms with Crippen molar-refractivity contribution in [1.29, 1.82) is 0 Å². The van der Waals surface area contributed by atoms with Gasteiger partial charge in [-0.3, -0.25) is 0 Å². The molecule has 0 atom stereocenters. The van der Waals surface area contributed by atoms with Crippen LogP contribution in [-0.2, 0) is 6.42 Å². The van der Waals surface area contributed by atoms with Crippen molar-refractivity contribution < 1.29 is 0 Å². The molecule has 46 valence electrons. The van der Waals surface area contributed by atoms with E-state index >= 15 is 0 Å². The molecule has 0 amide bonds. The fraction of sp³-hybridized carbons (Fsp3) is 0.333. The molecule has 9 heavy (non-hydrogen) atoms. The Labute approximate surface area is 56.5 Å². The van der Waals surface area contributed by atoms with Gasteiger partial charge in [-0.05, 0) is 24.1 Å². The normalized spacial score (nSPS) is 9.44. The maximum absolute atomic E-state index is 3.04. The molecular formula is C9H10. The molecule has 1 aromatic rings. The van der Waals surface area contributed by atoms with Crippen LogP contribution in [0.2, 0.25) is 0 Å². The Morgan fingerprint density at radius 1 is 1.56 bits per heavy atom. The Bertz CT molecular complexity index is 153. The topological polar surface area (TPSA) is 0 Å². The number of benzene rings is 1. The van der Waals surface area contributed by atoms with Gasteiger partial charge in [-0.1, -0.05) is 31.5 Å². The lowest BCUT2D eigenvalue weighted by Crippen LogP contribution is -1.79. The maximum Gasteiger partial charge on any atom is -0.00641 e. The molecule has 2 radical (unpaired) electrons. The molecule has 0 heterocycles. The third-order valence-electron chi connectivity index (χ3n) is 1.23. The van der Waals surface area contributed by atoms with E-state index in [1.165, 1.54) is 12.0 Å². The van der Waals surface area contributed by atoms with Crippen LogP contribution in [0, 0.1) is 12.1 Å². The molecule has 0 saturated heterocycles. The van der Waals surface area contributed by atoms with Crippen LogP contribution in [0.25, 0.3) is 0 Å². The summed E-state index contributed by atoms with van der Waals surface area (Å²) in [6.45, 7) is 2.17. The van der Waals surface area contributed by atoms with Gasteiger partial charge in [0.1, 0.15) is 0 Å². The lowest BCUT2D eigenvalue weighted by atomic mass is 10.1. The second-order valence-electron chi connectivity index (χ2n) is 2.07. The average Bonchev–Trinajstić information content (AvgIpc) is 1.91. The highest BCUT2D eigenvalue weighted by Gasteiger charge is 1.85. The maximum atomic E-state index is 3.04. The van der Waals surface area contributed by atoms with Crippen molar-refractivity contribution in [3.8, 4) is 0 Å². The van der Waals surface area contributed by atoms with Gasteiger partial charge < -0.3 is 0 Å². The van der Waals surface area contributed by atoms with Crippen LogP contribution in [0.4, 0.5) is 0 Å². The van der Waals surface area contributed by atoms with Crippen LogP contribution in [0.5, 0.6) is 0 Å². The molecule has 0 N–H and O–H groups in total. The van der Waals surface area contributed by atoms with Crippen LogP contribution >= 0.6 is 0 Å². The molecule has 0 heteroatoms. The van der Waals surface area contributed by atoms with E-state index in [0.29, 0.717) is 0 Å². The average molecular weight is 118 g/mol. The van der Waals surface area contributed by atoms with Gasteiger partial charge >= 0.3 is 0 Å². The van der Waals surface area contributed by atoms with E-state index in [1.54, 1.807) is 0 Å². The van der Waals surface area contributed by atoms with Gasteiger partial charge in [0.15, 0.2) is 0 Å². The number of hydrogen-bond donors (Lipinski definition) is 0. The van der Waals surface area contributed by atoms with Crippen molar-refractivity contribution in [1.82, 2.24) is 0 Å². The Kier molecular flexibility index (Phi) is 2.32. The fourth-order valence-electron chi connectivity index (χ4n) is 0.804. The van der Waals surface area contributed by atoms with E-state index in [2.05, 4.69) is 25.1 Å². The third-order valence-corrected chi connectivity index (χ3v) is 1.23. The lowest BCUT2D eigenvalue weighted by Gasteiger charge is -1.92. The van der Waals surface area contributed by atoms with Crippen molar-refractivity contribution in [3.05, 3.63) is 35.9 Å². The molecule has 0 spiro atoms. The van der Waals surface area contributed by atoms with Gasteiger partial charge in [-0.15, -0.1) is 0 Å². The van der Waals surface area contributed by atoms with Gasteiger partial charge in [0.2, 0.25) is 0 Å². The summed E-state index contributed by atoms with van der Waals surface area (Å²) in [5.74, 6) is 0. The summed E-state index contributed by atoms with van der Waals surface area (Å²) < 4.78 is 0. The standard InChI is InChI=1S/C9H10/c1-2-6-9-7-4-3-5-8-9/h3-4,7H,2,6H2,1H3. The fourth-order valence-corrected chi connectivity index (χ4v) is 0.804. The van der Waals surface area contributed by atoms with E-state index in [9.17, 15) is 0 Å². The molecule has 0 bridgehead atoms. The molecule has 0 aromatic heterocycles. The molecule has 0 aliphatic rings. The quantitative estimate of drug-likeness (QED) is 0.558. The Morgan fingerprint density at radius 2 is 2.44 bits per heavy atom. The molecule has 0 fully saturated rings. The van der Waals surface area contributed by atoms with Crippen molar-refractivity contribution in [2.75, 3.05) is 0 Å². The van der Waals surface area contributed by atoms with E-state index in [1.807, 2.05) is 12.1 Å². The zero-order valence-electron chi connectivity index (χ0n) is 5.65. The molecule has 0 nitrogen and oxygen atoms in total. The highest BCUT2D eigenvalue weighted by atomic mass is 13.9. The van der Waals surface area contributed by atoms with E-state index in [4.69, 9.17) is 0 Å². The van der Waals surface area contributed by atoms with E-state index < -0.39 is 0 Å². The van der Waals surface area contributed by atoms with Gasteiger partial charge in [0.25, 0.3) is 0 Å². The number of rotatable bonds is 2. The first-order valence-corrected chi connectivity index (χ1v) is 3.30. The van der Waals surface area contributed by atoms with Crippen molar-refractivity contribution >= 4 is 0 Å². The largest absolute Gasteiger partial charge is 0.0651 e. The van der Waals surface area contributed by atoms with Gasteiger partial charge in [0.05, 0.1) is 0 Å². The van der Waals surface area contributed by atoms with Crippen LogP contribution in [0.1, 0.15) is 18.9 Å². The first-order valence-electron chi connectivity index (χ1n) is 3.30. The van der Waals surface area contributed by atoms with Crippen LogP contribution < -0.4 is 0 Å². The van der Waals surface area contributed by atoms with Crippen molar-refractivity contribution in [2.45, 2.75) is 19.8 Å². The third kappa shape index (κ3) is 1.88. The molecule has 0 unspecified atom stereocenters. The van der Waals surface area contributed by atoms with Crippen LogP contribution in [0.15, 0.2) is 18.2 Å². The highest BCUT2D eigenvalue weighted by Crippen LogP contribution is 1.99. The van der Waals surface area contributed by atoms with Crippen molar-refractivity contribution in [3.63, 3.8) is 0 Å². The minimum absolute atomic E-state index is 1.12.